The van der Waals surface area contributed by atoms with E-state index in [4.69, 9.17) is 0 Å². The maximum Gasteiger partial charge on any atom is 0.416 e. The first-order valence-electron chi connectivity index (χ1n) is 13.7. The molecule has 2 fully saturated rings. The van der Waals surface area contributed by atoms with Crippen LogP contribution in [0.5, 0.6) is 0 Å². The normalized spacial score (nSPS) is 17.4. The van der Waals surface area contributed by atoms with Crippen molar-refractivity contribution in [3.8, 4) is 0 Å². The van der Waals surface area contributed by atoms with Crippen molar-refractivity contribution >= 4 is 16.8 Å². The van der Waals surface area contributed by atoms with E-state index in [2.05, 4.69) is 5.32 Å². The van der Waals surface area contributed by atoms with Gasteiger partial charge in [0.15, 0.2) is 5.82 Å². The molecule has 5 nitrogen and oxygen atoms in total. The van der Waals surface area contributed by atoms with Crippen molar-refractivity contribution in [1.29, 1.82) is 0 Å². The number of amides is 1. The zero-order valence-corrected chi connectivity index (χ0v) is 22.8. The Morgan fingerprint density at radius 2 is 1.55 bits per heavy atom. The summed E-state index contributed by atoms with van der Waals surface area (Å²) in [5.41, 5.74) is -4.69. The number of rotatable bonds is 7. The summed E-state index contributed by atoms with van der Waals surface area (Å²) in [6, 6.07) is 6.97. The van der Waals surface area contributed by atoms with Crippen LogP contribution in [-0.2, 0) is 37.3 Å². The fraction of sp³-hybridized carbons (Fsp3) is 0.467. The van der Waals surface area contributed by atoms with E-state index < -0.39 is 59.3 Å². The van der Waals surface area contributed by atoms with E-state index in [1.54, 1.807) is 6.07 Å². The van der Waals surface area contributed by atoms with Crippen LogP contribution in [0.1, 0.15) is 54.4 Å². The number of carbonyl (C=O) groups excluding carboxylic acids is 1. The number of benzene rings is 2. The molecule has 1 saturated carbocycles. The van der Waals surface area contributed by atoms with Crippen molar-refractivity contribution in [2.75, 3.05) is 13.1 Å². The van der Waals surface area contributed by atoms with Gasteiger partial charge in [0.2, 0.25) is 5.91 Å². The molecule has 5 rings (SSSR count). The number of piperidine rings is 1. The molecule has 2 heterocycles. The van der Waals surface area contributed by atoms with Gasteiger partial charge in [-0.1, -0.05) is 25.0 Å². The molecule has 1 aromatic heterocycles. The first kappa shape index (κ1) is 30.1. The second-order valence-electron chi connectivity index (χ2n) is 11.5. The van der Waals surface area contributed by atoms with Crippen molar-refractivity contribution in [3.05, 3.63) is 80.9 Å². The van der Waals surface area contributed by atoms with Gasteiger partial charge in [0.1, 0.15) is 0 Å². The summed E-state index contributed by atoms with van der Waals surface area (Å²) in [6.07, 6.45) is -6.77. The number of carbonyl (C=O) groups is 1. The lowest BCUT2D eigenvalue weighted by molar-refractivity contribution is -0.146. The summed E-state index contributed by atoms with van der Waals surface area (Å²) in [6.45, 7) is 0.0685. The number of pyridine rings is 1. The minimum absolute atomic E-state index is 0.00410. The minimum Gasteiger partial charge on any atom is -0.333 e. The third-order valence-electron chi connectivity index (χ3n) is 8.36. The third-order valence-corrected chi connectivity index (χ3v) is 8.36. The second kappa shape index (κ2) is 11.0. The molecule has 1 aliphatic carbocycles. The topological polar surface area (TPSA) is 54.3 Å². The second-order valence-corrected chi connectivity index (χ2v) is 11.5. The van der Waals surface area contributed by atoms with Crippen molar-refractivity contribution in [1.82, 2.24) is 14.8 Å². The van der Waals surface area contributed by atoms with Crippen LogP contribution in [0.3, 0.4) is 0 Å². The molecule has 2 aliphatic rings. The molecule has 2 aromatic carbocycles. The monoisotopic (exact) mass is 597 g/mol. The Balaban J connectivity index is 1.60. The third kappa shape index (κ3) is 6.18. The Hall–Kier alpha value is -3.41. The van der Waals surface area contributed by atoms with E-state index in [1.165, 1.54) is 30.1 Å². The van der Waals surface area contributed by atoms with Crippen molar-refractivity contribution in [3.63, 3.8) is 0 Å². The fourth-order valence-corrected chi connectivity index (χ4v) is 5.96. The van der Waals surface area contributed by atoms with Crippen LogP contribution in [0.25, 0.3) is 10.9 Å². The summed E-state index contributed by atoms with van der Waals surface area (Å²) in [5, 5.41) is 3.63. The van der Waals surface area contributed by atoms with Crippen LogP contribution in [0.15, 0.2) is 47.3 Å². The molecular formula is C30H30F7N3O2. The average Bonchev–Trinajstić information content (AvgIpc) is 3.74. The van der Waals surface area contributed by atoms with E-state index in [-0.39, 0.29) is 22.7 Å². The van der Waals surface area contributed by atoms with Crippen LogP contribution in [0, 0.1) is 17.2 Å². The number of hydrogen-bond donors (Lipinski definition) is 1. The number of hydrogen-bond acceptors (Lipinski definition) is 3. The first-order chi connectivity index (χ1) is 19.7. The van der Waals surface area contributed by atoms with Gasteiger partial charge in [0, 0.05) is 37.2 Å². The lowest BCUT2D eigenvalue weighted by Crippen LogP contribution is -2.49. The summed E-state index contributed by atoms with van der Waals surface area (Å²) in [7, 11) is 1.39. The number of aromatic nitrogens is 1. The molecule has 0 unspecified atom stereocenters. The van der Waals surface area contributed by atoms with Gasteiger partial charge in [-0.25, -0.2) is 4.39 Å². The Kier molecular flexibility index (Phi) is 7.88. The van der Waals surface area contributed by atoms with E-state index >= 15 is 4.39 Å². The Labute approximate surface area is 237 Å². The minimum atomic E-state index is -5.05. The van der Waals surface area contributed by atoms with Crippen LogP contribution < -0.4 is 10.9 Å². The van der Waals surface area contributed by atoms with Gasteiger partial charge in [-0.2, -0.15) is 26.3 Å². The van der Waals surface area contributed by atoms with Gasteiger partial charge in [-0.3, -0.25) is 9.59 Å². The van der Waals surface area contributed by atoms with Crippen LogP contribution in [0.2, 0.25) is 0 Å². The van der Waals surface area contributed by atoms with Crippen molar-refractivity contribution < 1.29 is 35.5 Å². The summed E-state index contributed by atoms with van der Waals surface area (Å²) in [4.78, 5) is 27.7. The molecule has 226 valence electrons. The zero-order valence-electron chi connectivity index (χ0n) is 22.8. The van der Waals surface area contributed by atoms with Gasteiger partial charge < -0.3 is 14.8 Å². The van der Waals surface area contributed by atoms with Gasteiger partial charge >= 0.3 is 12.4 Å². The Morgan fingerprint density at radius 3 is 2.12 bits per heavy atom. The molecule has 0 bridgehead atoms. The molecule has 0 atom stereocenters. The summed E-state index contributed by atoms with van der Waals surface area (Å²) < 4.78 is 98.7. The quantitative estimate of drug-likeness (QED) is 0.320. The average molecular weight is 598 g/mol. The maximum absolute atomic E-state index is 15.9. The number of alkyl halides is 6. The Bertz CT molecular complexity index is 1520. The smallest absolute Gasteiger partial charge is 0.333 e. The SMILES string of the molecule is Cn1c(=O)ccc2ccc(CN(Cc3cc(C(F)(F)F)cc(C(F)(F)F)c3)C(=O)C3(CC4CC4)CCNCC3)c(F)c21. The molecule has 3 aromatic rings. The van der Waals surface area contributed by atoms with Gasteiger partial charge in [0.25, 0.3) is 5.56 Å². The highest BCUT2D eigenvalue weighted by molar-refractivity contribution is 5.84. The molecule has 1 N–H and O–H groups in total. The van der Waals surface area contributed by atoms with Crippen LogP contribution in [-0.4, -0.2) is 28.5 Å². The van der Waals surface area contributed by atoms with Gasteiger partial charge in [-0.05, 0) is 68.1 Å². The van der Waals surface area contributed by atoms with Crippen LogP contribution >= 0.6 is 0 Å². The van der Waals surface area contributed by atoms with Crippen molar-refractivity contribution in [2.24, 2.45) is 18.4 Å². The van der Waals surface area contributed by atoms with Gasteiger partial charge in [-0.15, -0.1) is 0 Å². The van der Waals surface area contributed by atoms with E-state index in [1.807, 2.05) is 0 Å². The predicted octanol–water partition coefficient (Wildman–Crippen LogP) is 6.41. The van der Waals surface area contributed by atoms with E-state index in [9.17, 15) is 35.9 Å². The number of nitrogens with zero attached hydrogens (tertiary/aromatic N) is 2. The first-order valence-corrected chi connectivity index (χ1v) is 13.7. The molecule has 1 aliphatic heterocycles. The van der Waals surface area contributed by atoms with Crippen molar-refractivity contribution in [2.45, 2.75) is 57.5 Å². The summed E-state index contributed by atoms with van der Waals surface area (Å²) in [5.74, 6) is -0.901. The highest BCUT2D eigenvalue weighted by Crippen LogP contribution is 2.46. The molecule has 0 radical (unpaired) electrons. The summed E-state index contributed by atoms with van der Waals surface area (Å²) >= 11 is 0. The Morgan fingerprint density at radius 1 is 0.952 bits per heavy atom. The maximum atomic E-state index is 15.9. The number of halogens is 7. The lowest BCUT2D eigenvalue weighted by Gasteiger charge is -2.40. The number of aryl methyl sites for hydroxylation is 1. The molecule has 1 saturated heterocycles. The van der Waals surface area contributed by atoms with E-state index in [0.29, 0.717) is 55.8 Å². The number of nitrogens with one attached hydrogen (secondary N) is 1. The molecule has 0 spiro atoms. The lowest BCUT2D eigenvalue weighted by atomic mass is 9.73. The van der Waals surface area contributed by atoms with Gasteiger partial charge in [0.05, 0.1) is 22.1 Å². The van der Waals surface area contributed by atoms with Crippen LogP contribution in [0.4, 0.5) is 30.7 Å². The highest BCUT2D eigenvalue weighted by Gasteiger charge is 2.46. The largest absolute Gasteiger partial charge is 0.416 e. The standard InChI is InChI=1S/C30H30F7N3O2/c1-39-24(41)7-6-20-4-5-21(25(31)26(20)39)17-40(27(42)28(15-18-2-3-18)8-10-38-11-9-28)16-19-12-22(29(32,33)34)14-23(13-19)30(35,36)37/h4-7,12-14,18,38H,2-3,8-11,15-17H2,1H3. The fourth-order valence-electron chi connectivity index (χ4n) is 5.96. The molecule has 42 heavy (non-hydrogen) atoms. The zero-order chi connectivity index (χ0) is 30.4. The number of fused-ring (bicyclic) bond motifs is 1. The predicted molar refractivity (Wildman–Crippen MR) is 142 cm³/mol. The molecule has 12 heteroatoms. The highest BCUT2D eigenvalue weighted by atomic mass is 19.4. The van der Waals surface area contributed by atoms with E-state index in [0.717, 1.165) is 17.4 Å². The molecular weight excluding hydrogens is 567 g/mol. The molecule has 1 amide bonds.